The van der Waals surface area contributed by atoms with Gasteiger partial charge in [0, 0.05) is 13.1 Å². The molecule has 0 unspecified atom stereocenters. The van der Waals surface area contributed by atoms with E-state index in [1.165, 1.54) is 0 Å². The van der Waals surface area contributed by atoms with E-state index in [1.807, 2.05) is 30.3 Å². The fourth-order valence-electron chi connectivity index (χ4n) is 1.79. The first kappa shape index (κ1) is 16.7. The van der Waals surface area contributed by atoms with E-state index in [0.717, 1.165) is 5.56 Å². The molecule has 1 aromatic carbocycles. The zero-order chi connectivity index (χ0) is 14.8. The number of carbonyl (C=O) groups is 1. The van der Waals surface area contributed by atoms with Crippen LogP contribution < -0.4 is 10.6 Å². The van der Waals surface area contributed by atoms with Crippen molar-refractivity contribution in [2.45, 2.75) is 12.8 Å². The average Bonchev–Trinajstić information content (AvgIpc) is 2.39. The van der Waals surface area contributed by atoms with Crippen molar-refractivity contribution in [2.24, 2.45) is 0 Å². The Labute approximate surface area is 120 Å². The number of aryl methyl sites for hydroxylation is 1. The molecule has 0 aromatic heterocycles. The van der Waals surface area contributed by atoms with Crippen LogP contribution in [-0.2, 0) is 21.1 Å². The molecule has 0 aliphatic carbocycles. The molecule has 0 saturated carbocycles. The molecule has 6 heteroatoms. The number of sulfone groups is 1. The lowest BCUT2D eigenvalue weighted by molar-refractivity contribution is -0.118. The second-order valence-electron chi connectivity index (χ2n) is 4.63. The van der Waals surface area contributed by atoms with Gasteiger partial charge in [-0.25, -0.2) is 8.42 Å². The molecule has 0 radical (unpaired) electrons. The van der Waals surface area contributed by atoms with Crippen LogP contribution in [0, 0.1) is 0 Å². The molecule has 1 aromatic rings. The molecule has 0 heterocycles. The summed E-state index contributed by atoms with van der Waals surface area (Å²) in [5.74, 6) is -0.813. The van der Waals surface area contributed by atoms with E-state index in [-0.39, 0.29) is 5.75 Å². The van der Waals surface area contributed by atoms with Crippen LogP contribution in [-0.4, -0.2) is 46.0 Å². The zero-order valence-corrected chi connectivity index (χ0v) is 12.6. The van der Waals surface area contributed by atoms with Crippen molar-refractivity contribution in [3.8, 4) is 0 Å². The van der Waals surface area contributed by atoms with E-state index >= 15 is 0 Å². The van der Waals surface area contributed by atoms with E-state index in [2.05, 4.69) is 10.6 Å². The molecule has 0 aliphatic rings. The minimum absolute atomic E-state index is 0.0430. The van der Waals surface area contributed by atoms with Gasteiger partial charge in [-0.3, -0.25) is 4.79 Å². The lowest BCUT2D eigenvalue weighted by Gasteiger charge is -2.06. The minimum atomic E-state index is -3.32. The number of hydrogen-bond acceptors (Lipinski definition) is 4. The zero-order valence-electron chi connectivity index (χ0n) is 11.8. The van der Waals surface area contributed by atoms with Gasteiger partial charge >= 0.3 is 0 Å². The second-order valence-corrected chi connectivity index (χ2v) is 6.82. The number of benzene rings is 1. The number of amides is 1. The second kappa shape index (κ2) is 8.71. The van der Waals surface area contributed by atoms with Gasteiger partial charge in [-0.2, -0.15) is 0 Å². The van der Waals surface area contributed by atoms with Crippen molar-refractivity contribution < 1.29 is 13.2 Å². The highest BCUT2D eigenvalue weighted by atomic mass is 32.2. The molecule has 0 aliphatic heterocycles. The summed E-state index contributed by atoms with van der Waals surface area (Å²) in [6.45, 7) is 1.06. The summed E-state index contributed by atoms with van der Waals surface area (Å²) in [4.78, 5) is 11.4. The van der Waals surface area contributed by atoms with E-state index in [0.29, 0.717) is 25.9 Å². The molecule has 20 heavy (non-hydrogen) atoms. The molecule has 0 saturated heterocycles. The highest BCUT2D eigenvalue weighted by Gasteiger charge is 2.15. The van der Waals surface area contributed by atoms with Gasteiger partial charge in [0.1, 0.15) is 5.75 Å². The van der Waals surface area contributed by atoms with Crippen molar-refractivity contribution in [1.82, 2.24) is 10.6 Å². The summed E-state index contributed by atoms with van der Waals surface area (Å²) < 4.78 is 23.6. The van der Waals surface area contributed by atoms with Crippen molar-refractivity contribution in [1.29, 1.82) is 0 Å². The van der Waals surface area contributed by atoms with Crippen LogP contribution >= 0.6 is 0 Å². The first-order chi connectivity index (χ1) is 9.53. The van der Waals surface area contributed by atoms with Crippen LogP contribution in [0.3, 0.4) is 0 Å². The van der Waals surface area contributed by atoms with Crippen LogP contribution in [0.25, 0.3) is 0 Å². The third kappa shape index (κ3) is 7.25. The van der Waals surface area contributed by atoms with Gasteiger partial charge in [0.25, 0.3) is 0 Å². The fraction of sp³-hybridized carbons (Fsp3) is 0.500. The lowest BCUT2D eigenvalue weighted by atomic mass is 10.1. The maximum Gasteiger partial charge on any atom is 0.235 e. The van der Waals surface area contributed by atoms with Crippen LogP contribution in [0.4, 0.5) is 0 Å². The first-order valence-corrected chi connectivity index (χ1v) is 8.51. The van der Waals surface area contributed by atoms with E-state index in [4.69, 9.17) is 0 Å². The van der Waals surface area contributed by atoms with Crippen molar-refractivity contribution >= 4 is 15.7 Å². The Hall–Kier alpha value is -1.40. The third-order valence-corrected chi connectivity index (χ3v) is 4.42. The molecule has 0 spiro atoms. The van der Waals surface area contributed by atoms with Crippen LogP contribution in [0.1, 0.15) is 12.0 Å². The molecule has 2 N–H and O–H groups in total. The van der Waals surface area contributed by atoms with E-state index in [9.17, 15) is 13.2 Å². The number of hydrogen-bond donors (Lipinski definition) is 2. The molecule has 1 rings (SSSR count). The lowest BCUT2D eigenvalue weighted by Crippen LogP contribution is -2.35. The van der Waals surface area contributed by atoms with Gasteiger partial charge in [-0.05, 0) is 25.5 Å². The molecule has 112 valence electrons. The van der Waals surface area contributed by atoms with Gasteiger partial charge in [-0.15, -0.1) is 0 Å². The maximum atomic E-state index is 11.8. The summed E-state index contributed by atoms with van der Waals surface area (Å²) in [5, 5.41) is 5.44. The standard InChI is InChI=1S/C14H22N2O3S/c1-15-9-10-16-14(17)12-20(18,19)11-5-8-13-6-3-2-4-7-13/h2-4,6-7,15H,5,8-12H2,1H3,(H,16,17). The minimum Gasteiger partial charge on any atom is -0.354 e. The molecule has 5 nitrogen and oxygen atoms in total. The summed E-state index contributed by atoms with van der Waals surface area (Å²) in [6, 6.07) is 9.72. The smallest absolute Gasteiger partial charge is 0.235 e. The van der Waals surface area contributed by atoms with Crippen molar-refractivity contribution in [3.05, 3.63) is 35.9 Å². The Morgan fingerprint density at radius 1 is 1.15 bits per heavy atom. The summed E-state index contributed by atoms with van der Waals surface area (Å²) >= 11 is 0. The normalized spacial score (nSPS) is 11.2. The number of rotatable bonds is 9. The summed E-state index contributed by atoms with van der Waals surface area (Å²) in [7, 11) is -1.55. The highest BCUT2D eigenvalue weighted by Crippen LogP contribution is 2.04. The van der Waals surface area contributed by atoms with Crippen LogP contribution in [0.2, 0.25) is 0 Å². The SMILES string of the molecule is CNCCNC(=O)CS(=O)(=O)CCCc1ccccc1. The van der Waals surface area contributed by atoms with Gasteiger partial charge in [0.05, 0.1) is 5.75 Å². The Balaban J connectivity index is 2.29. The monoisotopic (exact) mass is 298 g/mol. The molecule has 1 amide bonds. The quantitative estimate of drug-likeness (QED) is 0.646. The highest BCUT2D eigenvalue weighted by molar-refractivity contribution is 7.92. The number of carbonyl (C=O) groups excluding carboxylic acids is 1. The van der Waals surface area contributed by atoms with Gasteiger partial charge in [0.15, 0.2) is 9.84 Å². The first-order valence-electron chi connectivity index (χ1n) is 6.69. The fourth-order valence-corrected chi connectivity index (χ4v) is 3.02. The predicted molar refractivity (Wildman–Crippen MR) is 80.4 cm³/mol. The summed E-state index contributed by atoms with van der Waals surface area (Å²) in [5.41, 5.74) is 1.11. The average molecular weight is 298 g/mol. The maximum absolute atomic E-state index is 11.8. The predicted octanol–water partition coefficient (Wildman–Crippen LogP) is 0.370. The molecular formula is C14H22N2O3S. The molecular weight excluding hydrogens is 276 g/mol. The van der Waals surface area contributed by atoms with Crippen LogP contribution in [0.15, 0.2) is 30.3 Å². The summed E-state index contributed by atoms with van der Waals surface area (Å²) in [6.07, 6.45) is 1.25. The molecule has 0 fully saturated rings. The largest absolute Gasteiger partial charge is 0.354 e. The Morgan fingerprint density at radius 3 is 2.50 bits per heavy atom. The molecule has 0 atom stereocenters. The van der Waals surface area contributed by atoms with E-state index in [1.54, 1.807) is 7.05 Å². The van der Waals surface area contributed by atoms with Gasteiger partial charge in [0.2, 0.25) is 5.91 Å². The Kier molecular flexibility index (Phi) is 7.25. The topological polar surface area (TPSA) is 75.3 Å². The van der Waals surface area contributed by atoms with Crippen LogP contribution in [0.5, 0.6) is 0 Å². The Morgan fingerprint density at radius 2 is 1.85 bits per heavy atom. The van der Waals surface area contributed by atoms with Gasteiger partial charge < -0.3 is 10.6 Å². The van der Waals surface area contributed by atoms with Crippen molar-refractivity contribution in [3.63, 3.8) is 0 Å². The molecule has 0 bridgehead atoms. The third-order valence-electron chi connectivity index (χ3n) is 2.81. The van der Waals surface area contributed by atoms with Crippen molar-refractivity contribution in [2.75, 3.05) is 31.6 Å². The Bertz CT molecular complexity index is 500. The van der Waals surface area contributed by atoms with Gasteiger partial charge in [-0.1, -0.05) is 30.3 Å². The number of nitrogens with one attached hydrogen (secondary N) is 2. The number of likely N-dealkylation sites (N-methyl/N-ethyl adjacent to an activating group) is 1. The van der Waals surface area contributed by atoms with E-state index < -0.39 is 21.5 Å².